The predicted molar refractivity (Wildman–Crippen MR) is 128 cm³/mol. The van der Waals surface area contributed by atoms with E-state index in [0.717, 1.165) is 11.3 Å². The smallest absolute Gasteiger partial charge is 0.257 e. The average Bonchev–Trinajstić information content (AvgIpc) is 2.78. The molecule has 5 nitrogen and oxygen atoms in total. The van der Waals surface area contributed by atoms with E-state index in [2.05, 4.69) is 15.6 Å². The molecule has 3 rings (SSSR count). The van der Waals surface area contributed by atoms with Crippen LogP contribution in [0.2, 0.25) is 10.0 Å². The maximum absolute atomic E-state index is 12.7. The van der Waals surface area contributed by atoms with Crippen molar-refractivity contribution in [2.75, 3.05) is 18.1 Å². The summed E-state index contributed by atoms with van der Waals surface area (Å²) in [4.78, 5) is 30.1. The van der Waals surface area contributed by atoms with Crippen LogP contribution in [-0.4, -0.2) is 29.6 Å². The molecular weight excluding hydrogens is 453 g/mol. The summed E-state index contributed by atoms with van der Waals surface area (Å²) in [5.74, 6) is -0.487. The molecule has 0 saturated heterocycles. The van der Waals surface area contributed by atoms with E-state index in [0.29, 0.717) is 44.7 Å². The SMILES string of the molecule is CCCNC(=O)c1ccc(-c2cc(NC(=O)c3ccc(SC)cc3Cl)ccc2Cl)nc1. The normalized spacial score (nSPS) is 10.6. The number of nitrogens with one attached hydrogen (secondary N) is 2. The van der Waals surface area contributed by atoms with Crippen molar-refractivity contribution >= 4 is 52.5 Å². The standard InChI is InChI=1S/C23H21Cl2N3O2S/c1-3-10-26-22(29)14-4-9-21(27-13-14)18-11-15(5-8-19(18)24)28-23(30)17-7-6-16(31-2)12-20(17)25/h4-9,11-13H,3,10H2,1-2H3,(H,26,29)(H,28,30). The molecule has 0 aliphatic heterocycles. The van der Waals surface area contributed by atoms with Crippen molar-refractivity contribution in [2.24, 2.45) is 0 Å². The minimum atomic E-state index is -0.318. The fourth-order valence-corrected chi connectivity index (χ4v) is 3.82. The highest BCUT2D eigenvalue weighted by Crippen LogP contribution is 2.30. The van der Waals surface area contributed by atoms with E-state index < -0.39 is 0 Å². The van der Waals surface area contributed by atoms with Gasteiger partial charge in [-0.2, -0.15) is 0 Å². The van der Waals surface area contributed by atoms with Gasteiger partial charge in [-0.05, 0) is 61.2 Å². The van der Waals surface area contributed by atoms with Crippen LogP contribution < -0.4 is 10.6 Å². The number of rotatable bonds is 7. The zero-order valence-corrected chi connectivity index (χ0v) is 19.4. The van der Waals surface area contributed by atoms with Gasteiger partial charge in [0.1, 0.15) is 0 Å². The first kappa shape index (κ1) is 23.1. The van der Waals surface area contributed by atoms with Gasteiger partial charge in [-0.15, -0.1) is 11.8 Å². The van der Waals surface area contributed by atoms with Crippen LogP contribution in [0.5, 0.6) is 0 Å². The summed E-state index contributed by atoms with van der Waals surface area (Å²) in [7, 11) is 0. The second-order valence-corrected chi connectivity index (χ2v) is 8.38. The van der Waals surface area contributed by atoms with Gasteiger partial charge in [0.15, 0.2) is 0 Å². The Morgan fingerprint density at radius 2 is 1.81 bits per heavy atom. The lowest BCUT2D eigenvalue weighted by Gasteiger charge is -2.11. The van der Waals surface area contributed by atoms with Gasteiger partial charge in [0.25, 0.3) is 11.8 Å². The first-order valence-electron chi connectivity index (χ1n) is 9.62. The monoisotopic (exact) mass is 473 g/mol. The van der Waals surface area contributed by atoms with Crippen LogP contribution in [0.25, 0.3) is 11.3 Å². The summed E-state index contributed by atoms with van der Waals surface area (Å²) in [5.41, 5.74) is 2.65. The first-order chi connectivity index (χ1) is 14.9. The second-order valence-electron chi connectivity index (χ2n) is 6.68. The van der Waals surface area contributed by atoms with Gasteiger partial charge in [0, 0.05) is 28.9 Å². The Hall–Kier alpha value is -2.54. The molecule has 160 valence electrons. The highest BCUT2D eigenvalue weighted by Gasteiger charge is 2.14. The molecule has 2 aromatic carbocycles. The maximum atomic E-state index is 12.7. The van der Waals surface area contributed by atoms with Crippen LogP contribution in [-0.2, 0) is 0 Å². The fraction of sp³-hybridized carbons (Fsp3) is 0.174. The fourth-order valence-electron chi connectivity index (χ4n) is 2.83. The quantitative estimate of drug-likeness (QED) is 0.402. The van der Waals surface area contributed by atoms with Crippen molar-refractivity contribution in [1.29, 1.82) is 0 Å². The van der Waals surface area contributed by atoms with Gasteiger partial charge in [-0.3, -0.25) is 14.6 Å². The van der Waals surface area contributed by atoms with E-state index in [9.17, 15) is 9.59 Å². The van der Waals surface area contributed by atoms with Gasteiger partial charge in [-0.1, -0.05) is 30.1 Å². The lowest BCUT2D eigenvalue weighted by atomic mass is 10.1. The predicted octanol–water partition coefficient (Wildman–Crippen LogP) is 6.17. The lowest BCUT2D eigenvalue weighted by molar-refractivity contribution is 0.0952. The molecule has 1 aromatic heterocycles. The molecule has 0 unspecified atom stereocenters. The molecule has 0 radical (unpaired) electrons. The molecule has 1 heterocycles. The molecule has 2 amide bonds. The summed E-state index contributed by atoms with van der Waals surface area (Å²) >= 11 is 14.2. The number of thioether (sulfide) groups is 1. The highest BCUT2D eigenvalue weighted by atomic mass is 35.5. The van der Waals surface area contributed by atoms with Gasteiger partial charge in [0.2, 0.25) is 0 Å². The summed E-state index contributed by atoms with van der Waals surface area (Å²) in [5, 5.41) is 6.53. The Kier molecular flexibility index (Phi) is 7.96. The number of pyridine rings is 1. The zero-order valence-electron chi connectivity index (χ0n) is 17.0. The van der Waals surface area contributed by atoms with Crippen molar-refractivity contribution in [3.63, 3.8) is 0 Å². The van der Waals surface area contributed by atoms with Gasteiger partial charge in [-0.25, -0.2) is 0 Å². The lowest BCUT2D eigenvalue weighted by Crippen LogP contribution is -2.24. The Bertz CT molecular complexity index is 1100. The Morgan fingerprint density at radius 1 is 1.00 bits per heavy atom. The molecular formula is C23H21Cl2N3O2S. The third-order valence-electron chi connectivity index (χ3n) is 4.48. The Morgan fingerprint density at radius 3 is 2.45 bits per heavy atom. The minimum Gasteiger partial charge on any atom is -0.352 e. The Balaban J connectivity index is 1.80. The second kappa shape index (κ2) is 10.7. The third kappa shape index (κ3) is 5.79. The Labute approximate surface area is 195 Å². The molecule has 0 saturated carbocycles. The van der Waals surface area contributed by atoms with Crippen molar-refractivity contribution in [1.82, 2.24) is 10.3 Å². The number of anilines is 1. The summed E-state index contributed by atoms with van der Waals surface area (Å²) < 4.78 is 0. The highest BCUT2D eigenvalue weighted by molar-refractivity contribution is 7.98. The van der Waals surface area contributed by atoms with E-state index in [1.54, 1.807) is 54.2 Å². The molecule has 0 aliphatic rings. The van der Waals surface area contributed by atoms with Crippen LogP contribution in [0.1, 0.15) is 34.1 Å². The van der Waals surface area contributed by atoms with E-state index in [4.69, 9.17) is 23.2 Å². The summed E-state index contributed by atoms with van der Waals surface area (Å²) in [6, 6.07) is 13.9. The van der Waals surface area contributed by atoms with E-state index in [-0.39, 0.29) is 11.8 Å². The average molecular weight is 474 g/mol. The topological polar surface area (TPSA) is 71.1 Å². The molecule has 0 spiro atoms. The number of nitrogens with zero attached hydrogens (tertiary/aromatic N) is 1. The number of halogens is 2. The molecule has 2 N–H and O–H groups in total. The van der Waals surface area contributed by atoms with Crippen LogP contribution in [0.15, 0.2) is 59.6 Å². The summed E-state index contributed by atoms with van der Waals surface area (Å²) in [6.45, 7) is 2.60. The van der Waals surface area contributed by atoms with Crippen LogP contribution >= 0.6 is 35.0 Å². The van der Waals surface area contributed by atoms with E-state index >= 15 is 0 Å². The van der Waals surface area contributed by atoms with Gasteiger partial charge >= 0.3 is 0 Å². The van der Waals surface area contributed by atoms with Crippen LogP contribution in [0.4, 0.5) is 5.69 Å². The summed E-state index contributed by atoms with van der Waals surface area (Å²) in [6.07, 6.45) is 4.31. The maximum Gasteiger partial charge on any atom is 0.257 e. The van der Waals surface area contributed by atoms with Crippen molar-refractivity contribution in [2.45, 2.75) is 18.2 Å². The number of benzene rings is 2. The molecule has 8 heteroatoms. The molecule has 3 aromatic rings. The van der Waals surface area contributed by atoms with Crippen LogP contribution in [0, 0.1) is 0 Å². The number of carbonyl (C=O) groups is 2. The van der Waals surface area contributed by atoms with E-state index in [1.807, 2.05) is 19.2 Å². The van der Waals surface area contributed by atoms with Gasteiger partial charge in [0.05, 0.1) is 26.9 Å². The zero-order chi connectivity index (χ0) is 22.4. The molecule has 0 bridgehead atoms. The molecule has 0 aliphatic carbocycles. The number of amides is 2. The number of hydrogen-bond donors (Lipinski definition) is 2. The largest absolute Gasteiger partial charge is 0.352 e. The number of carbonyl (C=O) groups excluding carboxylic acids is 2. The minimum absolute atomic E-state index is 0.169. The molecule has 0 atom stereocenters. The van der Waals surface area contributed by atoms with Crippen molar-refractivity contribution in [3.8, 4) is 11.3 Å². The van der Waals surface area contributed by atoms with Crippen LogP contribution in [0.3, 0.4) is 0 Å². The van der Waals surface area contributed by atoms with E-state index in [1.165, 1.54) is 6.20 Å². The number of aromatic nitrogens is 1. The third-order valence-corrected chi connectivity index (χ3v) is 5.85. The molecule has 31 heavy (non-hydrogen) atoms. The van der Waals surface area contributed by atoms with Crippen molar-refractivity contribution in [3.05, 3.63) is 75.9 Å². The first-order valence-corrected chi connectivity index (χ1v) is 11.6. The molecule has 0 fully saturated rings. The van der Waals surface area contributed by atoms with Gasteiger partial charge < -0.3 is 10.6 Å². The van der Waals surface area contributed by atoms with Crippen molar-refractivity contribution < 1.29 is 9.59 Å². The number of hydrogen-bond acceptors (Lipinski definition) is 4.